The molecule has 3 rings (SSSR count). The summed E-state index contributed by atoms with van der Waals surface area (Å²) in [6.45, 7) is 9.42. The molecule has 1 aliphatic heterocycles. The van der Waals surface area contributed by atoms with E-state index < -0.39 is 10.0 Å². The first kappa shape index (κ1) is 24.8. The smallest absolute Gasteiger partial charge is 0.262 e. The molecular formula is C25H33N3O4S. The first-order valence-electron chi connectivity index (χ1n) is 11.3. The van der Waals surface area contributed by atoms with Crippen molar-refractivity contribution in [2.75, 3.05) is 24.4 Å². The highest BCUT2D eigenvalue weighted by Gasteiger charge is 2.28. The molecule has 8 heteroatoms. The summed E-state index contributed by atoms with van der Waals surface area (Å²) >= 11 is 0. The van der Waals surface area contributed by atoms with Crippen LogP contribution in [-0.4, -0.2) is 44.8 Å². The van der Waals surface area contributed by atoms with Crippen molar-refractivity contribution in [3.8, 4) is 0 Å². The number of rotatable bonds is 7. The van der Waals surface area contributed by atoms with Crippen molar-refractivity contribution in [3.05, 3.63) is 59.2 Å². The van der Waals surface area contributed by atoms with E-state index in [1.807, 2.05) is 13.0 Å². The van der Waals surface area contributed by atoms with Gasteiger partial charge in [0.15, 0.2) is 0 Å². The molecule has 1 fully saturated rings. The highest BCUT2D eigenvalue weighted by atomic mass is 32.2. The second-order valence-electron chi connectivity index (χ2n) is 9.16. The van der Waals surface area contributed by atoms with E-state index in [0.29, 0.717) is 55.2 Å². The SMILES string of the molecule is Cc1ccc(S(=O)(=O)Nc2cccc(C(=O)N3CCC(C(=O)NCC(C)C)CC3)c2)c(C)c1. The molecule has 0 atom stereocenters. The number of hydrogen-bond acceptors (Lipinski definition) is 4. The number of nitrogens with one attached hydrogen (secondary N) is 2. The lowest BCUT2D eigenvalue weighted by molar-refractivity contribution is -0.126. The molecular weight excluding hydrogens is 438 g/mol. The fourth-order valence-electron chi connectivity index (χ4n) is 4.00. The molecule has 0 aliphatic carbocycles. The van der Waals surface area contributed by atoms with Gasteiger partial charge in [-0.2, -0.15) is 0 Å². The molecule has 1 saturated heterocycles. The van der Waals surface area contributed by atoms with Crippen LogP contribution < -0.4 is 10.0 Å². The van der Waals surface area contributed by atoms with Gasteiger partial charge in [0.05, 0.1) is 4.90 Å². The zero-order chi connectivity index (χ0) is 24.2. The van der Waals surface area contributed by atoms with Crippen LogP contribution >= 0.6 is 0 Å². The minimum absolute atomic E-state index is 0.0543. The monoisotopic (exact) mass is 471 g/mol. The van der Waals surface area contributed by atoms with Gasteiger partial charge in [-0.3, -0.25) is 14.3 Å². The topological polar surface area (TPSA) is 95.6 Å². The van der Waals surface area contributed by atoms with E-state index in [9.17, 15) is 18.0 Å². The van der Waals surface area contributed by atoms with Crippen molar-refractivity contribution in [2.24, 2.45) is 11.8 Å². The minimum atomic E-state index is -3.78. The number of anilines is 1. The largest absolute Gasteiger partial charge is 0.356 e. The third kappa shape index (κ3) is 6.35. The fraction of sp³-hybridized carbons (Fsp3) is 0.440. The number of likely N-dealkylation sites (tertiary alicyclic amines) is 1. The van der Waals surface area contributed by atoms with Gasteiger partial charge in [-0.05, 0) is 62.4 Å². The fourth-order valence-corrected chi connectivity index (χ4v) is 5.28. The molecule has 33 heavy (non-hydrogen) atoms. The van der Waals surface area contributed by atoms with Crippen LogP contribution in [0.2, 0.25) is 0 Å². The zero-order valence-electron chi connectivity index (χ0n) is 19.7. The summed E-state index contributed by atoms with van der Waals surface area (Å²) in [6.07, 6.45) is 1.24. The van der Waals surface area contributed by atoms with E-state index in [1.165, 1.54) is 0 Å². The van der Waals surface area contributed by atoms with Gasteiger partial charge in [-0.15, -0.1) is 0 Å². The molecule has 0 aromatic heterocycles. The van der Waals surface area contributed by atoms with Crippen LogP contribution in [0.25, 0.3) is 0 Å². The van der Waals surface area contributed by atoms with Crippen LogP contribution in [0.4, 0.5) is 5.69 Å². The molecule has 0 unspecified atom stereocenters. The lowest BCUT2D eigenvalue weighted by Gasteiger charge is -2.31. The second-order valence-corrected chi connectivity index (χ2v) is 10.8. The molecule has 1 aliphatic rings. The third-order valence-electron chi connectivity index (χ3n) is 5.82. The number of aryl methyl sites for hydroxylation is 2. The molecule has 0 radical (unpaired) electrons. The Morgan fingerprint density at radius 1 is 1.06 bits per heavy atom. The van der Waals surface area contributed by atoms with E-state index in [-0.39, 0.29) is 22.6 Å². The summed E-state index contributed by atoms with van der Waals surface area (Å²) < 4.78 is 28.3. The number of carbonyl (C=O) groups excluding carboxylic acids is 2. The Balaban J connectivity index is 1.65. The van der Waals surface area contributed by atoms with E-state index in [0.717, 1.165) is 5.56 Å². The molecule has 178 valence electrons. The average molecular weight is 472 g/mol. The van der Waals surface area contributed by atoms with Crippen LogP contribution in [-0.2, 0) is 14.8 Å². The normalized spacial score (nSPS) is 14.9. The number of nitrogens with zero attached hydrogens (tertiary/aromatic N) is 1. The van der Waals surface area contributed by atoms with Crippen LogP contribution in [0.3, 0.4) is 0 Å². The molecule has 1 heterocycles. The molecule has 2 N–H and O–H groups in total. The van der Waals surface area contributed by atoms with Gasteiger partial charge in [0, 0.05) is 36.8 Å². The molecule has 0 saturated carbocycles. The van der Waals surface area contributed by atoms with Crippen LogP contribution in [0, 0.1) is 25.7 Å². The Bertz CT molecular complexity index is 1120. The Kier molecular flexibility index (Phi) is 7.79. The van der Waals surface area contributed by atoms with E-state index in [1.54, 1.807) is 48.2 Å². The molecule has 0 bridgehead atoms. The second kappa shape index (κ2) is 10.4. The van der Waals surface area contributed by atoms with Crippen molar-refractivity contribution in [3.63, 3.8) is 0 Å². The van der Waals surface area contributed by atoms with E-state index >= 15 is 0 Å². The minimum Gasteiger partial charge on any atom is -0.356 e. The molecule has 2 aromatic rings. The van der Waals surface area contributed by atoms with Crippen LogP contribution in [0.15, 0.2) is 47.4 Å². The van der Waals surface area contributed by atoms with Gasteiger partial charge < -0.3 is 10.2 Å². The molecule has 7 nitrogen and oxygen atoms in total. The van der Waals surface area contributed by atoms with Crippen molar-refractivity contribution in [1.82, 2.24) is 10.2 Å². The van der Waals surface area contributed by atoms with Gasteiger partial charge >= 0.3 is 0 Å². The lowest BCUT2D eigenvalue weighted by Crippen LogP contribution is -2.43. The number of hydrogen-bond donors (Lipinski definition) is 2. The van der Waals surface area contributed by atoms with Crippen LogP contribution in [0.5, 0.6) is 0 Å². The number of sulfonamides is 1. The Morgan fingerprint density at radius 2 is 1.76 bits per heavy atom. The van der Waals surface area contributed by atoms with Gasteiger partial charge in [-0.1, -0.05) is 37.6 Å². The maximum Gasteiger partial charge on any atom is 0.262 e. The van der Waals surface area contributed by atoms with Crippen molar-refractivity contribution in [1.29, 1.82) is 0 Å². The summed E-state index contributed by atoms with van der Waals surface area (Å²) in [4.78, 5) is 27.3. The summed E-state index contributed by atoms with van der Waals surface area (Å²) in [5, 5.41) is 2.97. The van der Waals surface area contributed by atoms with Crippen molar-refractivity contribution < 1.29 is 18.0 Å². The van der Waals surface area contributed by atoms with Gasteiger partial charge in [0.1, 0.15) is 0 Å². The van der Waals surface area contributed by atoms with Gasteiger partial charge in [-0.25, -0.2) is 8.42 Å². The number of benzene rings is 2. The lowest BCUT2D eigenvalue weighted by atomic mass is 9.95. The third-order valence-corrected chi connectivity index (χ3v) is 7.36. The van der Waals surface area contributed by atoms with E-state index in [4.69, 9.17) is 0 Å². The maximum atomic E-state index is 13.0. The van der Waals surface area contributed by atoms with Crippen molar-refractivity contribution in [2.45, 2.75) is 45.4 Å². The standard InChI is InChI=1S/C25H33N3O4S/c1-17(2)16-26-24(29)20-10-12-28(13-11-20)25(30)21-6-5-7-22(15-21)27-33(31,32)23-9-8-18(3)14-19(23)4/h5-9,14-15,17,20,27H,10-13,16H2,1-4H3,(H,26,29). The summed E-state index contributed by atoms with van der Waals surface area (Å²) in [6, 6.07) is 11.7. The Hall–Kier alpha value is -2.87. The number of carbonyl (C=O) groups is 2. The Morgan fingerprint density at radius 3 is 2.39 bits per heavy atom. The van der Waals surface area contributed by atoms with Crippen molar-refractivity contribution >= 4 is 27.5 Å². The first-order valence-corrected chi connectivity index (χ1v) is 12.8. The summed E-state index contributed by atoms with van der Waals surface area (Å²) in [7, 11) is -3.78. The highest BCUT2D eigenvalue weighted by molar-refractivity contribution is 7.92. The van der Waals surface area contributed by atoms with Gasteiger partial charge in [0.25, 0.3) is 15.9 Å². The average Bonchev–Trinajstić information content (AvgIpc) is 2.76. The number of piperidine rings is 1. The molecule has 2 aromatic carbocycles. The Labute approximate surface area is 196 Å². The zero-order valence-corrected chi connectivity index (χ0v) is 20.5. The summed E-state index contributed by atoms with van der Waals surface area (Å²) in [5.41, 5.74) is 2.40. The maximum absolute atomic E-state index is 13.0. The molecule has 0 spiro atoms. The molecule has 2 amide bonds. The first-order chi connectivity index (χ1) is 15.6. The predicted octanol–water partition coefficient (Wildman–Crippen LogP) is 3.73. The van der Waals surface area contributed by atoms with Gasteiger partial charge in [0.2, 0.25) is 5.91 Å². The summed E-state index contributed by atoms with van der Waals surface area (Å²) in [5.74, 6) is 0.209. The van der Waals surface area contributed by atoms with Crippen LogP contribution in [0.1, 0.15) is 48.2 Å². The number of amides is 2. The highest BCUT2D eigenvalue weighted by Crippen LogP contribution is 2.23. The quantitative estimate of drug-likeness (QED) is 0.643. The van der Waals surface area contributed by atoms with E-state index in [2.05, 4.69) is 23.9 Å². The predicted molar refractivity (Wildman–Crippen MR) is 130 cm³/mol.